The van der Waals surface area contributed by atoms with Crippen molar-refractivity contribution in [1.82, 2.24) is 0 Å². The number of carbonyl (C=O) groups excluding carboxylic acids is 1. The van der Waals surface area contributed by atoms with E-state index in [1.54, 1.807) is 44.2 Å². The molecule has 0 aliphatic heterocycles. The van der Waals surface area contributed by atoms with Crippen LogP contribution in [-0.2, 0) is 4.79 Å². The number of nitrogens with two attached hydrogens (primary N) is 1. The van der Waals surface area contributed by atoms with Crippen LogP contribution in [0.1, 0.15) is 12.8 Å². The van der Waals surface area contributed by atoms with Crippen molar-refractivity contribution in [2.24, 2.45) is 5.73 Å². The first-order valence-corrected chi connectivity index (χ1v) is 7.66. The highest BCUT2D eigenvalue weighted by atomic mass is 32.2. The van der Waals surface area contributed by atoms with E-state index in [1.165, 1.54) is 0 Å². The Bertz CT molecular complexity index is 427. The molecule has 0 spiro atoms. The lowest BCUT2D eigenvalue weighted by Crippen LogP contribution is -2.15. The lowest BCUT2D eigenvalue weighted by Gasteiger charge is -2.11. The maximum absolute atomic E-state index is 11.9. The molecule has 5 nitrogen and oxygen atoms in total. The first kappa shape index (κ1) is 16.7. The summed E-state index contributed by atoms with van der Waals surface area (Å²) in [5, 5.41) is 2.84. The van der Waals surface area contributed by atoms with Gasteiger partial charge < -0.3 is 20.5 Å². The van der Waals surface area contributed by atoms with Gasteiger partial charge in [-0.2, -0.15) is 11.8 Å². The number of anilines is 1. The molecular weight excluding hydrogens is 276 g/mol. The highest BCUT2D eigenvalue weighted by Gasteiger charge is 2.09. The van der Waals surface area contributed by atoms with Crippen molar-refractivity contribution < 1.29 is 14.3 Å². The van der Waals surface area contributed by atoms with Gasteiger partial charge in [0.05, 0.1) is 25.7 Å². The van der Waals surface area contributed by atoms with Gasteiger partial charge in [-0.1, -0.05) is 0 Å². The van der Waals surface area contributed by atoms with Gasteiger partial charge in [0.15, 0.2) is 0 Å². The Morgan fingerprint density at radius 2 is 2.10 bits per heavy atom. The predicted molar refractivity (Wildman–Crippen MR) is 83.8 cm³/mol. The van der Waals surface area contributed by atoms with Gasteiger partial charge in [0.2, 0.25) is 5.91 Å². The van der Waals surface area contributed by atoms with Gasteiger partial charge in [-0.3, -0.25) is 4.79 Å². The number of hydrogen-bond acceptors (Lipinski definition) is 5. The normalized spacial score (nSPS) is 10.2. The Hall–Kier alpha value is -1.40. The fourth-order valence-corrected chi connectivity index (χ4v) is 2.42. The van der Waals surface area contributed by atoms with E-state index in [0.29, 0.717) is 29.5 Å². The van der Waals surface area contributed by atoms with Crippen LogP contribution in [0.5, 0.6) is 11.5 Å². The first-order valence-electron chi connectivity index (χ1n) is 6.51. The predicted octanol–water partition coefficient (Wildman–Crippen LogP) is 2.11. The van der Waals surface area contributed by atoms with Crippen LogP contribution in [0.25, 0.3) is 0 Å². The van der Waals surface area contributed by atoms with Crippen LogP contribution in [-0.4, -0.2) is 38.2 Å². The topological polar surface area (TPSA) is 73.6 Å². The number of nitrogens with one attached hydrogen (secondary N) is 1. The summed E-state index contributed by atoms with van der Waals surface area (Å²) in [6, 6.07) is 5.30. The van der Waals surface area contributed by atoms with Gasteiger partial charge in [-0.15, -0.1) is 0 Å². The minimum absolute atomic E-state index is 0.0469. The van der Waals surface area contributed by atoms with E-state index in [9.17, 15) is 4.79 Å². The zero-order valence-corrected chi connectivity index (χ0v) is 12.8. The molecule has 1 aromatic carbocycles. The van der Waals surface area contributed by atoms with Crippen LogP contribution < -0.4 is 20.5 Å². The third kappa shape index (κ3) is 5.71. The molecule has 0 unspecified atom stereocenters. The van der Waals surface area contributed by atoms with Crippen molar-refractivity contribution in [3.8, 4) is 11.5 Å². The molecule has 20 heavy (non-hydrogen) atoms. The van der Waals surface area contributed by atoms with Crippen molar-refractivity contribution in [1.29, 1.82) is 0 Å². The number of thioether (sulfide) groups is 1. The highest BCUT2D eigenvalue weighted by Crippen LogP contribution is 2.28. The fraction of sp³-hybridized carbons (Fsp3) is 0.500. The second kappa shape index (κ2) is 9.50. The highest BCUT2D eigenvalue weighted by molar-refractivity contribution is 7.99. The van der Waals surface area contributed by atoms with Crippen molar-refractivity contribution in [2.75, 3.05) is 37.6 Å². The molecule has 0 radical (unpaired) electrons. The zero-order chi connectivity index (χ0) is 14.8. The Balaban J connectivity index is 2.48. The fourth-order valence-electron chi connectivity index (χ4n) is 1.61. The molecule has 6 heteroatoms. The van der Waals surface area contributed by atoms with Crippen molar-refractivity contribution >= 4 is 23.4 Å². The Labute approximate surface area is 124 Å². The maximum Gasteiger partial charge on any atom is 0.234 e. The molecule has 1 amide bonds. The third-order valence-corrected chi connectivity index (χ3v) is 3.70. The molecule has 0 aliphatic carbocycles. The van der Waals surface area contributed by atoms with Crippen molar-refractivity contribution in [2.45, 2.75) is 12.8 Å². The zero-order valence-electron chi connectivity index (χ0n) is 12.0. The van der Waals surface area contributed by atoms with Crippen LogP contribution in [0.4, 0.5) is 5.69 Å². The van der Waals surface area contributed by atoms with Gasteiger partial charge in [-0.05, 0) is 37.3 Å². The minimum atomic E-state index is -0.0469. The molecule has 0 fully saturated rings. The van der Waals surface area contributed by atoms with E-state index >= 15 is 0 Å². The minimum Gasteiger partial charge on any atom is -0.497 e. The van der Waals surface area contributed by atoms with Crippen LogP contribution in [0.2, 0.25) is 0 Å². The van der Waals surface area contributed by atoms with E-state index in [1.807, 2.05) is 0 Å². The molecule has 1 aromatic rings. The van der Waals surface area contributed by atoms with Gasteiger partial charge in [0.1, 0.15) is 11.5 Å². The van der Waals surface area contributed by atoms with E-state index in [2.05, 4.69) is 5.32 Å². The summed E-state index contributed by atoms with van der Waals surface area (Å²) in [7, 11) is 3.15. The average Bonchev–Trinajstić information content (AvgIpc) is 2.47. The summed E-state index contributed by atoms with van der Waals surface area (Å²) in [6.45, 7) is 0.702. The monoisotopic (exact) mass is 298 g/mol. The van der Waals surface area contributed by atoms with Gasteiger partial charge in [-0.25, -0.2) is 0 Å². The van der Waals surface area contributed by atoms with E-state index in [0.717, 1.165) is 18.6 Å². The molecule has 1 rings (SSSR count). The molecule has 0 heterocycles. The molecule has 0 saturated heterocycles. The SMILES string of the molecule is COc1ccc(OC)c(NC(=O)CSCCCCN)c1. The van der Waals surface area contributed by atoms with Gasteiger partial charge >= 0.3 is 0 Å². The van der Waals surface area contributed by atoms with Crippen LogP contribution in [0.3, 0.4) is 0 Å². The van der Waals surface area contributed by atoms with E-state index in [4.69, 9.17) is 15.2 Å². The van der Waals surface area contributed by atoms with Crippen LogP contribution >= 0.6 is 11.8 Å². The molecule has 0 bridgehead atoms. The molecule has 3 N–H and O–H groups in total. The summed E-state index contributed by atoms with van der Waals surface area (Å²) >= 11 is 1.60. The molecule has 112 valence electrons. The molecule has 0 atom stereocenters. The second-order valence-electron chi connectivity index (χ2n) is 4.16. The standard InChI is InChI=1S/C14H22N2O3S/c1-18-11-5-6-13(19-2)12(9-11)16-14(17)10-20-8-4-3-7-15/h5-6,9H,3-4,7-8,10,15H2,1-2H3,(H,16,17). The summed E-state index contributed by atoms with van der Waals surface area (Å²) in [6.07, 6.45) is 2.04. The number of amides is 1. The average molecular weight is 298 g/mol. The summed E-state index contributed by atoms with van der Waals surface area (Å²) in [4.78, 5) is 11.9. The maximum atomic E-state index is 11.9. The Morgan fingerprint density at radius 1 is 1.30 bits per heavy atom. The largest absolute Gasteiger partial charge is 0.497 e. The van der Waals surface area contributed by atoms with E-state index in [-0.39, 0.29) is 5.91 Å². The molecule has 0 saturated carbocycles. The number of carbonyl (C=O) groups is 1. The first-order chi connectivity index (χ1) is 9.71. The number of benzene rings is 1. The van der Waals surface area contributed by atoms with Gasteiger partial charge in [0, 0.05) is 6.07 Å². The lowest BCUT2D eigenvalue weighted by molar-refractivity contribution is -0.113. The molecule has 0 aromatic heterocycles. The Morgan fingerprint density at radius 3 is 2.75 bits per heavy atom. The van der Waals surface area contributed by atoms with Crippen molar-refractivity contribution in [3.63, 3.8) is 0 Å². The Kier molecular flexibility index (Phi) is 7.91. The smallest absolute Gasteiger partial charge is 0.234 e. The van der Waals surface area contributed by atoms with E-state index < -0.39 is 0 Å². The summed E-state index contributed by atoms with van der Waals surface area (Å²) in [5.41, 5.74) is 6.04. The molecular formula is C14H22N2O3S. The van der Waals surface area contributed by atoms with Crippen LogP contribution in [0, 0.1) is 0 Å². The number of unbranched alkanes of at least 4 members (excludes halogenated alkanes) is 1. The quantitative estimate of drug-likeness (QED) is 0.683. The molecule has 0 aliphatic rings. The summed E-state index contributed by atoms with van der Waals surface area (Å²) < 4.78 is 10.3. The third-order valence-electron chi connectivity index (χ3n) is 2.66. The number of ether oxygens (including phenoxy) is 2. The van der Waals surface area contributed by atoms with Crippen LogP contribution in [0.15, 0.2) is 18.2 Å². The lowest BCUT2D eigenvalue weighted by atomic mass is 10.2. The summed E-state index contributed by atoms with van der Waals surface area (Å²) in [5.74, 6) is 2.61. The second-order valence-corrected chi connectivity index (χ2v) is 5.27. The number of rotatable bonds is 9. The van der Waals surface area contributed by atoms with Crippen molar-refractivity contribution in [3.05, 3.63) is 18.2 Å². The van der Waals surface area contributed by atoms with Gasteiger partial charge in [0.25, 0.3) is 0 Å². The number of hydrogen-bond donors (Lipinski definition) is 2. The number of methoxy groups -OCH3 is 2.